The molecule has 0 heterocycles. The van der Waals surface area contributed by atoms with Crippen LogP contribution in [0.3, 0.4) is 0 Å². The molecule has 1 amide bonds. The van der Waals surface area contributed by atoms with Crippen LogP contribution in [0.4, 0.5) is 5.69 Å². The lowest BCUT2D eigenvalue weighted by Crippen LogP contribution is -2.17. The Morgan fingerprint density at radius 2 is 1.73 bits per heavy atom. The third-order valence-electron chi connectivity index (χ3n) is 3.19. The Morgan fingerprint density at radius 1 is 1.09 bits per heavy atom. The van der Waals surface area contributed by atoms with Crippen LogP contribution in [0.5, 0.6) is 5.75 Å². The Bertz CT molecular complexity index is 767. The van der Waals surface area contributed by atoms with Gasteiger partial charge in [0.15, 0.2) is 9.84 Å². The summed E-state index contributed by atoms with van der Waals surface area (Å²) in [5.74, 6) is 0.157. The van der Waals surface area contributed by atoms with Crippen molar-refractivity contribution in [2.24, 2.45) is 0 Å². The number of hydrogen-bond donors (Lipinski definition) is 1. The Hall–Kier alpha value is -2.34. The summed E-state index contributed by atoms with van der Waals surface area (Å²) >= 11 is 0. The van der Waals surface area contributed by atoms with Gasteiger partial charge in [0.25, 0.3) is 5.91 Å². The monoisotopic (exact) mass is 319 g/mol. The van der Waals surface area contributed by atoms with E-state index in [-0.39, 0.29) is 16.2 Å². The molecule has 0 spiro atoms. The zero-order valence-corrected chi connectivity index (χ0v) is 13.2. The number of benzene rings is 2. The molecule has 0 saturated carbocycles. The van der Waals surface area contributed by atoms with Crippen molar-refractivity contribution >= 4 is 21.4 Å². The molecule has 0 saturated heterocycles. The fraction of sp³-hybridized carbons (Fsp3) is 0.188. The number of ether oxygens (including phenoxy) is 1. The minimum absolute atomic E-state index is 0.0449. The SMILES string of the molecule is CCS(=O)(=O)c1ccccc1C(=O)Nc1ccc(OC)cc1. The van der Waals surface area contributed by atoms with E-state index >= 15 is 0 Å². The number of anilines is 1. The van der Waals surface area contributed by atoms with Crippen molar-refractivity contribution in [2.75, 3.05) is 18.2 Å². The van der Waals surface area contributed by atoms with Gasteiger partial charge in [0.05, 0.1) is 23.3 Å². The van der Waals surface area contributed by atoms with Crippen molar-refractivity contribution in [3.8, 4) is 5.75 Å². The molecule has 5 nitrogen and oxygen atoms in total. The maximum atomic E-state index is 12.3. The third kappa shape index (κ3) is 3.46. The third-order valence-corrected chi connectivity index (χ3v) is 4.98. The maximum Gasteiger partial charge on any atom is 0.256 e. The zero-order chi connectivity index (χ0) is 16.2. The van der Waals surface area contributed by atoms with E-state index in [1.165, 1.54) is 12.1 Å². The molecule has 0 aliphatic heterocycles. The summed E-state index contributed by atoms with van der Waals surface area (Å²) in [6, 6.07) is 13.0. The largest absolute Gasteiger partial charge is 0.497 e. The summed E-state index contributed by atoms with van der Waals surface area (Å²) in [6.45, 7) is 1.55. The first kappa shape index (κ1) is 16.0. The van der Waals surface area contributed by atoms with Gasteiger partial charge in [0.1, 0.15) is 5.75 Å². The van der Waals surface area contributed by atoms with E-state index in [1.54, 1.807) is 50.4 Å². The fourth-order valence-electron chi connectivity index (χ4n) is 1.95. The number of carbonyl (C=O) groups is 1. The highest BCUT2D eigenvalue weighted by atomic mass is 32.2. The first-order valence-electron chi connectivity index (χ1n) is 6.75. The van der Waals surface area contributed by atoms with Gasteiger partial charge in [-0.1, -0.05) is 19.1 Å². The van der Waals surface area contributed by atoms with Crippen LogP contribution in [0.25, 0.3) is 0 Å². The van der Waals surface area contributed by atoms with E-state index in [9.17, 15) is 13.2 Å². The van der Waals surface area contributed by atoms with Gasteiger partial charge < -0.3 is 10.1 Å². The van der Waals surface area contributed by atoms with Crippen molar-refractivity contribution in [2.45, 2.75) is 11.8 Å². The Morgan fingerprint density at radius 3 is 2.32 bits per heavy atom. The van der Waals surface area contributed by atoms with E-state index in [4.69, 9.17) is 4.74 Å². The van der Waals surface area contributed by atoms with E-state index < -0.39 is 15.7 Å². The average molecular weight is 319 g/mol. The highest BCUT2D eigenvalue weighted by Crippen LogP contribution is 2.20. The highest BCUT2D eigenvalue weighted by Gasteiger charge is 2.20. The van der Waals surface area contributed by atoms with Crippen LogP contribution in [0.15, 0.2) is 53.4 Å². The maximum absolute atomic E-state index is 12.3. The lowest BCUT2D eigenvalue weighted by molar-refractivity contribution is 0.102. The van der Waals surface area contributed by atoms with Crippen LogP contribution in [-0.2, 0) is 9.84 Å². The van der Waals surface area contributed by atoms with Crippen molar-refractivity contribution in [3.63, 3.8) is 0 Å². The number of methoxy groups -OCH3 is 1. The summed E-state index contributed by atoms with van der Waals surface area (Å²) in [5.41, 5.74) is 0.703. The molecule has 0 aliphatic carbocycles. The number of rotatable bonds is 5. The minimum Gasteiger partial charge on any atom is -0.497 e. The number of amides is 1. The summed E-state index contributed by atoms with van der Waals surface area (Å²) in [7, 11) is -1.90. The van der Waals surface area contributed by atoms with Crippen LogP contribution in [0, 0.1) is 0 Å². The fourth-order valence-corrected chi connectivity index (χ4v) is 3.05. The van der Waals surface area contributed by atoms with Crippen molar-refractivity contribution in [1.29, 1.82) is 0 Å². The van der Waals surface area contributed by atoms with E-state index in [0.29, 0.717) is 11.4 Å². The normalized spacial score (nSPS) is 11.0. The van der Waals surface area contributed by atoms with Gasteiger partial charge in [-0.05, 0) is 36.4 Å². The smallest absolute Gasteiger partial charge is 0.256 e. The van der Waals surface area contributed by atoms with Crippen LogP contribution in [0.1, 0.15) is 17.3 Å². The summed E-state index contributed by atoms with van der Waals surface area (Å²) < 4.78 is 29.2. The topological polar surface area (TPSA) is 72.5 Å². The van der Waals surface area contributed by atoms with Crippen molar-refractivity contribution in [3.05, 3.63) is 54.1 Å². The first-order chi connectivity index (χ1) is 10.5. The Balaban J connectivity index is 2.30. The molecule has 0 aromatic heterocycles. The van der Waals surface area contributed by atoms with Gasteiger partial charge in [-0.2, -0.15) is 0 Å². The quantitative estimate of drug-likeness (QED) is 0.920. The van der Waals surface area contributed by atoms with Gasteiger partial charge in [0.2, 0.25) is 0 Å². The average Bonchev–Trinajstić information content (AvgIpc) is 2.55. The van der Waals surface area contributed by atoms with Gasteiger partial charge in [-0.15, -0.1) is 0 Å². The van der Waals surface area contributed by atoms with E-state index in [0.717, 1.165) is 0 Å². The molecule has 22 heavy (non-hydrogen) atoms. The van der Waals surface area contributed by atoms with Crippen LogP contribution in [-0.4, -0.2) is 27.2 Å². The van der Waals surface area contributed by atoms with Gasteiger partial charge in [-0.25, -0.2) is 8.42 Å². The summed E-state index contributed by atoms with van der Waals surface area (Å²) in [6.07, 6.45) is 0. The highest BCUT2D eigenvalue weighted by molar-refractivity contribution is 7.91. The molecule has 2 aromatic rings. The summed E-state index contributed by atoms with van der Waals surface area (Å²) in [5, 5.41) is 2.69. The second kappa shape index (κ2) is 6.62. The second-order valence-electron chi connectivity index (χ2n) is 4.58. The van der Waals surface area contributed by atoms with Crippen LogP contribution >= 0.6 is 0 Å². The number of carbonyl (C=O) groups excluding carboxylic acids is 1. The standard InChI is InChI=1S/C16H17NO4S/c1-3-22(19,20)15-7-5-4-6-14(15)16(18)17-12-8-10-13(21-2)11-9-12/h4-11H,3H2,1-2H3,(H,17,18). The number of hydrogen-bond acceptors (Lipinski definition) is 4. The van der Waals surface area contributed by atoms with Crippen molar-refractivity contribution in [1.82, 2.24) is 0 Å². The summed E-state index contributed by atoms with van der Waals surface area (Å²) in [4.78, 5) is 12.4. The second-order valence-corrected chi connectivity index (χ2v) is 6.83. The molecule has 0 aliphatic rings. The van der Waals surface area contributed by atoms with Crippen molar-refractivity contribution < 1.29 is 17.9 Å². The Kier molecular flexibility index (Phi) is 4.82. The molecule has 0 atom stereocenters. The van der Waals surface area contributed by atoms with Gasteiger partial charge >= 0.3 is 0 Å². The molecule has 0 unspecified atom stereocenters. The first-order valence-corrected chi connectivity index (χ1v) is 8.40. The molecule has 2 rings (SSSR count). The molecule has 0 fully saturated rings. The molecule has 0 radical (unpaired) electrons. The molecule has 0 bridgehead atoms. The molecule has 1 N–H and O–H groups in total. The molecule has 116 valence electrons. The number of sulfone groups is 1. The number of nitrogens with one attached hydrogen (secondary N) is 1. The van der Waals surface area contributed by atoms with Gasteiger partial charge in [0, 0.05) is 5.69 Å². The predicted octanol–water partition coefficient (Wildman–Crippen LogP) is 2.74. The molecule has 6 heteroatoms. The lowest BCUT2D eigenvalue weighted by Gasteiger charge is -2.10. The van der Waals surface area contributed by atoms with E-state index in [2.05, 4.69) is 5.32 Å². The van der Waals surface area contributed by atoms with E-state index in [1.807, 2.05) is 0 Å². The lowest BCUT2D eigenvalue weighted by atomic mass is 10.2. The molecular formula is C16H17NO4S. The Labute approximate surface area is 129 Å². The predicted molar refractivity (Wildman–Crippen MR) is 85.1 cm³/mol. The van der Waals surface area contributed by atoms with Gasteiger partial charge in [-0.3, -0.25) is 4.79 Å². The minimum atomic E-state index is -3.46. The van der Waals surface area contributed by atoms with Crippen LogP contribution in [0.2, 0.25) is 0 Å². The van der Waals surface area contributed by atoms with Crippen LogP contribution < -0.4 is 10.1 Å². The molecular weight excluding hydrogens is 302 g/mol. The zero-order valence-electron chi connectivity index (χ0n) is 12.4. The molecule has 2 aromatic carbocycles.